The van der Waals surface area contributed by atoms with Crippen LogP contribution < -0.4 is 5.32 Å². The van der Waals surface area contributed by atoms with Crippen LogP contribution in [0.1, 0.15) is 45.1 Å². The predicted molar refractivity (Wildman–Crippen MR) is 75.3 cm³/mol. The summed E-state index contributed by atoms with van der Waals surface area (Å²) in [6.45, 7) is 5.03. The topological polar surface area (TPSA) is 32.3 Å². The number of benzene rings is 1. The minimum Gasteiger partial charge on any atom is -0.388 e. The van der Waals surface area contributed by atoms with Gasteiger partial charge in [-0.1, -0.05) is 50.1 Å². The van der Waals surface area contributed by atoms with Crippen molar-refractivity contribution in [1.29, 1.82) is 0 Å². The molecule has 0 aliphatic heterocycles. The summed E-state index contributed by atoms with van der Waals surface area (Å²) in [5.74, 6) is 0.430. The average Bonchev–Trinajstić information content (AvgIpc) is 2.38. The second-order valence-electron chi connectivity index (χ2n) is 5.68. The molecular weight excluding hydrogens is 222 g/mol. The Balaban J connectivity index is 1.96. The quantitative estimate of drug-likeness (QED) is 0.857. The first-order chi connectivity index (χ1) is 8.64. The van der Waals surface area contributed by atoms with Crippen LogP contribution in [0.3, 0.4) is 0 Å². The summed E-state index contributed by atoms with van der Waals surface area (Å²) in [5.41, 5.74) is 0.717. The molecule has 1 aromatic rings. The first-order valence-corrected chi connectivity index (χ1v) is 7.14. The molecule has 0 amide bonds. The first-order valence-electron chi connectivity index (χ1n) is 7.14. The normalized spacial score (nSPS) is 32.4. The van der Waals surface area contributed by atoms with Crippen LogP contribution in [0.15, 0.2) is 30.3 Å². The van der Waals surface area contributed by atoms with Crippen LogP contribution >= 0.6 is 0 Å². The van der Waals surface area contributed by atoms with Crippen molar-refractivity contribution < 1.29 is 5.11 Å². The highest BCUT2D eigenvalue weighted by molar-refractivity contribution is 5.14. The lowest BCUT2D eigenvalue weighted by atomic mass is 9.72. The minimum absolute atomic E-state index is 0.219. The summed E-state index contributed by atoms with van der Waals surface area (Å²) < 4.78 is 0. The SMILES string of the molecule is CCC1CCC[C@@H](NCc2ccccc2)[C@]1(C)O. The fourth-order valence-electron chi connectivity index (χ4n) is 3.20. The highest BCUT2D eigenvalue weighted by Crippen LogP contribution is 2.35. The number of hydrogen-bond acceptors (Lipinski definition) is 2. The zero-order valence-electron chi connectivity index (χ0n) is 11.5. The number of aliphatic hydroxyl groups is 1. The largest absolute Gasteiger partial charge is 0.388 e. The van der Waals surface area contributed by atoms with Crippen molar-refractivity contribution in [3.63, 3.8) is 0 Å². The molecule has 1 aliphatic carbocycles. The van der Waals surface area contributed by atoms with Crippen LogP contribution in [0.25, 0.3) is 0 Å². The van der Waals surface area contributed by atoms with Gasteiger partial charge in [0.25, 0.3) is 0 Å². The molecule has 1 aliphatic rings. The molecule has 2 nitrogen and oxygen atoms in total. The second kappa shape index (κ2) is 5.85. The van der Waals surface area contributed by atoms with E-state index in [-0.39, 0.29) is 6.04 Å². The van der Waals surface area contributed by atoms with Gasteiger partial charge < -0.3 is 10.4 Å². The van der Waals surface area contributed by atoms with E-state index >= 15 is 0 Å². The maximum atomic E-state index is 10.7. The van der Waals surface area contributed by atoms with Crippen LogP contribution in [0, 0.1) is 5.92 Å². The second-order valence-corrected chi connectivity index (χ2v) is 5.68. The predicted octanol–water partition coefficient (Wildman–Crippen LogP) is 3.11. The fourth-order valence-corrected chi connectivity index (χ4v) is 3.20. The van der Waals surface area contributed by atoms with E-state index in [1.54, 1.807) is 0 Å². The van der Waals surface area contributed by atoms with E-state index in [1.165, 1.54) is 12.0 Å². The van der Waals surface area contributed by atoms with Crippen molar-refractivity contribution >= 4 is 0 Å². The summed E-state index contributed by atoms with van der Waals surface area (Å²) in [4.78, 5) is 0. The van der Waals surface area contributed by atoms with E-state index in [1.807, 2.05) is 13.0 Å². The number of rotatable bonds is 4. The van der Waals surface area contributed by atoms with Crippen LogP contribution in [0.5, 0.6) is 0 Å². The van der Waals surface area contributed by atoms with Gasteiger partial charge >= 0.3 is 0 Å². The molecule has 18 heavy (non-hydrogen) atoms. The third-order valence-corrected chi connectivity index (χ3v) is 4.47. The fraction of sp³-hybridized carbons (Fsp3) is 0.625. The summed E-state index contributed by atoms with van der Waals surface area (Å²) in [7, 11) is 0. The Labute approximate surface area is 110 Å². The molecular formula is C16H25NO. The third kappa shape index (κ3) is 2.93. The van der Waals surface area contributed by atoms with Gasteiger partial charge in [0.1, 0.15) is 0 Å². The summed E-state index contributed by atoms with van der Waals surface area (Å²) in [6.07, 6.45) is 4.53. The van der Waals surface area contributed by atoms with Gasteiger partial charge in [0.05, 0.1) is 5.60 Å². The standard InChI is InChI=1S/C16H25NO/c1-3-14-10-7-11-15(16(14,2)18)17-12-13-8-5-4-6-9-13/h4-6,8-9,14-15,17-18H,3,7,10-12H2,1-2H3/t14?,15-,16-/m1/s1. The highest BCUT2D eigenvalue weighted by Gasteiger charge is 2.40. The van der Waals surface area contributed by atoms with Crippen molar-refractivity contribution in [1.82, 2.24) is 5.32 Å². The van der Waals surface area contributed by atoms with Crippen molar-refractivity contribution in [2.45, 2.75) is 57.7 Å². The lowest BCUT2D eigenvalue weighted by Crippen LogP contribution is -2.55. The van der Waals surface area contributed by atoms with E-state index in [4.69, 9.17) is 0 Å². The molecule has 0 bridgehead atoms. The van der Waals surface area contributed by atoms with E-state index in [2.05, 4.69) is 36.5 Å². The number of hydrogen-bond donors (Lipinski definition) is 2. The van der Waals surface area contributed by atoms with E-state index in [0.717, 1.165) is 25.8 Å². The molecule has 0 saturated heterocycles. The molecule has 2 rings (SSSR count). The Morgan fingerprint density at radius 2 is 2.00 bits per heavy atom. The molecule has 1 unspecified atom stereocenters. The van der Waals surface area contributed by atoms with E-state index < -0.39 is 5.60 Å². The van der Waals surface area contributed by atoms with Crippen LogP contribution in [0.2, 0.25) is 0 Å². The van der Waals surface area contributed by atoms with Gasteiger partial charge in [0.15, 0.2) is 0 Å². The zero-order chi connectivity index (χ0) is 13.0. The Kier molecular flexibility index (Phi) is 4.41. The molecule has 0 spiro atoms. The average molecular weight is 247 g/mol. The summed E-state index contributed by atoms with van der Waals surface area (Å²) in [6, 6.07) is 10.6. The van der Waals surface area contributed by atoms with E-state index in [9.17, 15) is 5.11 Å². The van der Waals surface area contributed by atoms with Gasteiger partial charge in [-0.2, -0.15) is 0 Å². The minimum atomic E-state index is -0.568. The zero-order valence-corrected chi connectivity index (χ0v) is 11.5. The smallest absolute Gasteiger partial charge is 0.0799 e. The Morgan fingerprint density at radius 1 is 1.28 bits per heavy atom. The molecule has 1 fully saturated rings. The molecule has 2 heteroatoms. The maximum Gasteiger partial charge on any atom is 0.0799 e. The molecule has 100 valence electrons. The Bertz CT molecular complexity index is 361. The maximum absolute atomic E-state index is 10.7. The van der Waals surface area contributed by atoms with Crippen molar-refractivity contribution in [2.75, 3.05) is 0 Å². The van der Waals surface area contributed by atoms with E-state index in [0.29, 0.717) is 5.92 Å². The van der Waals surface area contributed by atoms with Gasteiger partial charge in [0.2, 0.25) is 0 Å². The molecule has 0 aromatic heterocycles. The van der Waals surface area contributed by atoms with Gasteiger partial charge in [-0.25, -0.2) is 0 Å². The van der Waals surface area contributed by atoms with Crippen molar-refractivity contribution in [3.05, 3.63) is 35.9 Å². The molecule has 0 radical (unpaired) electrons. The van der Waals surface area contributed by atoms with Gasteiger partial charge in [0, 0.05) is 12.6 Å². The van der Waals surface area contributed by atoms with Crippen LogP contribution in [0.4, 0.5) is 0 Å². The molecule has 2 N–H and O–H groups in total. The van der Waals surface area contributed by atoms with Gasteiger partial charge in [-0.05, 0) is 31.2 Å². The summed E-state index contributed by atoms with van der Waals surface area (Å²) in [5, 5.41) is 14.3. The third-order valence-electron chi connectivity index (χ3n) is 4.47. The van der Waals surface area contributed by atoms with Crippen LogP contribution in [-0.2, 0) is 6.54 Å². The van der Waals surface area contributed by atoms with Gasteiger partial charge in [-0.15, -0.1) is 0 Å². The summed E-state index contributed by atoms with van der Waals surface area (Å²) >= 11 is 0. The van der Waals surface area contributed by atoms with Gasteiger partial charge in [-0.3, -0.25) is 0 Å². The Morgan fingerprint density at radius 3 is 2.67 bits per heavy atom. The lowest BCUT2D eigenvalue weighted by molar-refractivity contribution is -0.0609. The molecule has 0 heterocycles. The number of nitrogens with one attached hydrogen (secondary N) is 1. The molecule has 1 saturated carbocycles. The Hall–Kier alpha value is -0.860. The monoisotopic (exact) mass is 247 g/mol. The highest BCUT2D eigenvalue weighted by atomic mass is 16.3. The molecule has 3 atom stereocenters. The molecule has 1 aromatic carbocycles. The van der Waals surface area contributed by atoms with Crippen molar-refractivity contribution in [2.24, 2.45) is 5.92 Å². The van der Waals surface area contributed by atoms with Crippen molar-refractivity contribution in [3.8, 4) is 0 Å². The first kappa shape index (κ1) is 13.6. The lowest BCUT2D eigenvalue weighted by Gasteiger charge is -2.44. The van der Waals surface area contributed by atoms with Crippen LogP contribution in [-0.4, -0.2) is 16.7 Å².